The Morgan fingerprint density at radius 1 is 1.33 bits per heavy atom. The van der Waals surface area contributed by atoms with Gasteiger partial charge in [0.2, 0.25) is 5.89 Å². The summed E-state index contributed by atoms with van der Waals surface area (Å²) >= 11 is 1.74. The van der Waals surface area contributed by atoms with Gasteiger partial charge in [0.05, 0.1) is 5.75 Å². The molecule has 0 bridgehead atoms. The zero-order chi connectivity index (χ0) is 15.1. The van der Waals surface area contributed by atoms with Gasteiger partial charge in [-0.05, 0) is 24.1 Å². The smallest absolute Gasteiger partial charge is 0.226 e. The molecule has 2 aromatic rings. The van der Waals surface area contributed by atoms with Crippen LogP contribution in [-0.4, -0.2) is 16.2 Å². The van der Waals surface area contributed by atoms with Crippen LogP contribution >= 0.6 is 11.8 Å². The predicted molar refractivity (Wildman–Crippen MR) is 86.3 cm³/mol. The largest absolute Gasteiger partial charge is 0.339 e. The fraction of sp³-hybridized carbons (Fsp3) is 0.500. The van der Waals surface area contributed by atoms with Crippen LogP contribution in [0.25, 0.3) is 0 Å². The summed E-state index contributed by atoms with van der Waals surface area (Å²) in [4.78, 5) is 5.62. The quantitative estimate of drug-likeness (QED) is 0.752. The summed E-state index contributed by atoms with van der Waals surface area (Å²) < 4.78 is 5.20. The molecular formula is C16H23N3OS. The number of aryl methyl sites for hydroxylation is 1. The van der Waals surface area contributed by atoms with Gasteiger partial charge in [-0.2, -0.15) is 4.98 Å². The lowest BCUT2D eigenvalue weighted by Gasteiger charge is -2.09. The van der Waals surface area contributed by atoms with E-state index in [-0.39, 0.29) is 0 Å². The first-order valence-corrected chi connectivity index (χ1v) is 8.42. The van der Waals surface area contributed by atoms with Crippen molar-refractivity contribution in [2.45, 2.75) is 56.8 Å². The first-order chi connectivity index (χ1) is 10.2. The van der Waals surface area contributed by atoms with Crippen LogP contribution in [0.4, 0.5) is 0 Å². The van der Waals surface area contributed by atoms with Crippen molar-refractivity contribution in [3.05, 3.63) is 41.5 Å². The minimum Gasteiger partial charge on any atom is -0.339 e. The first kappa shape index (κ1) is 16.0. The molecule has 0 atom stereocenters. The average molecular weight is 305 g/mol. The Balaban J connectivity index is 1.88. The van der Waals surface area contributed by atoms with E-state index >= 15 is 0 Å². The number of rotatable bonds is 8. The van der Waals surface area contributed by atoms with Gasteiger partial charge in [-0.25, -0.2) is 0 Å². The Morgan fingerprint density at radius 3 is 2.95 bits per heavy atom. The Kier molecular flexibility index (Phi) is 6.26. The molecule has 2 rings (SSSR count). The van der Waals surface area contributed by atoms with Crippen molar-refractivity contribution in [1.82, 2.24) is 15.5 Å². The first-order valence-electron chi connectivity index (χ1n) is 7.44. The molecule has 0 radical (unpaired) electrons. The molecule has 0 aliphatic rings. The molecule has 0 saturated heterocycles. The van der Waals surface area contributed by atoms with E-state index in [0.29, 0.717) is 6.04 Å². The van der Waals surface area contributed by atoms with Crippen molar-refractivity contribution in [3.8, 4) is 0 Å². The Labute approximate surface area is 130 Å². The maximum atomic E-state index is 5.20. The summed E-state index contributed by atoms with van der Waals surface area (Å²) in [5.41, 5.74) is 1.30. The molecule has 0 aliphatic carbocycles. The maximum absolute atomic E-state index is 5.20. The fourth-order valence-electron chi connectivity index (χ4n) is 1.88. The summed E-state index contributed by atoms with van der Waals surface area (Å²) in [6.07, 6.45) is 1.88. The highest BCUT2D eigenvalue weighted by molar-refractivity contribution is 7.98. The second-order valence-electron chi connectivity index (χ2n) is 5.33. The average Bonchev–Trinajstić information content (AvgIpc) is 2.92. The van der Waals surface area contributed by atoms with Gasteiger partial charge >= 0.3 is 0 Å². The van der Waals surface area contributed by atoms with E-state index in [1.165, 1.54) is 10.5 Å². The summed E-state index contributed by atoms with van der Waals surface area (Å²) in [6.45, 7) is 7.32. The number of aromatic nitrogens is 2. The van der Waals surface area contributed by atoms with Crippen molar-refractivity contribution in [2.24, 2.45) is 0 Å². The van der Waals surface area contributed by atoms with Crippen LogP contribution in [0.1, 0.15) is 44.5 Å². The molecule has 21 heavy (non-hydrogen) atoms. The van der Waals surface area contributed by atoms with Crippen molar-refractivity contribution < 1.29 is 4.52 Å². The molecule has 4 nitrogen and oxygen atoms in total. The number of benzene rings is 1. The van der Waals surface area contributed by atoms with Crippen LogP contribution in [-0.2, 0) is 18.7 Å². The maximum Gasteiger partial charge on any atom is 0.226 e. The molecule has 1 N–H and O–H groups in total. The molecule has 1 aromatic carbocycles. The highest BCUT2D eigenvalue weighted by Crippen LogP contribution is 2.22. The number of nitrogens with zero attached hydrogens (tertiary/aromatic N) is 2. The highest BCUT2D eigenvalue weighted by Gasteiger charge is 2.06. The lowest BCUT2D eigenvalue weighted by molar-refractivity contribution is 0.373. The third-order valence-electron chi connectivity index (χ3n) is 2.95. The van der Waals surface area contributed by atoms with Crippen LogP contribution < -0.4 is 5.32 Å². The highest BCUT2D eigenvalue weighted by atomic mass is 32.2. The van der Waals surface area contributed by atoms with E-state index in [0.717, 1.165) is 36.9 Å². The van der Waals surface area contributed by atoms with Gasteiger partial charge in [-0.15, -0.1) is 11.8 Å². The molecule has 0 fully saturated rings. The molecule has 0 unspecified atom stereocenters. The van der Waals surface area contributed by atoms with E-state index in [4.69, 9.17) is 4.52 Å². The van der Waals surface area contributed by atoms with Gasteiger partial charge in [0.25, 0.3) is 0 Å². The second kappa shape index (κ2) is 8.20. The van der Waals surface area contributed by atoms with E-state index in [2.05, 4.69) is 60.5 Å². The number of hydrogen-bond donors (Lipinski definition) is 1. The lowest BCUT2D eigenvalue weighted by atomic mass is 10.2. The fourth-order valence-corrected chi connectivity index (χ4v) is 2.70. The minimum absolute atomic E-state index is 0.498. The lowest BCUT2D eigenvalue weighted by Crippen LogP contribution is -2.21. The third kappa shape index (κ3) is 5.52. The van der Waals surface area contributed by atoms with Gasteiger partial charge in [0, 0.05) is 23.9 Å². The Morgan fingerprint density at radius 2 is 2.19 bits per heavy atom. The molecule has 1 heterocycles. The summed E-state index contributed by atoms with van der Waals surface area (Å²) in [7, 11) is 0. The molecule has 114 valence electrons. The van der Waals surface area contributed by atoms with Gasteiger partial charge in [0.1, 0.15) is 0 Å². The van der Waals surface area contributed by atoms with E-state index < -0.39 is 0 Å². The van der Waals surface area contributed by atoms with Crippen LogP contribution in [0, 0.1) is 0 Å². The van der Waals surface area contributed by atoms with Crippen molar-refractivity contribution >= 4 is 11.8 Å². The van der Waals surface area contributed by atoms with Crippen LogP contribution in [0.15, 0.2) is 33.7 Å². The van der Waals surface area contributed by atoms with Crippen molar-refractivity contribution in [1.29, 1.82) is 0 Å². The van der Waals surface area contributed by atoms with E-state index in [1.807, 2.05) is 0 Å². The van der Waals surface area contributed by atoms with Crippen molar-refractivity contribution in [2.75, 3.05) is 0 Å². The molecular weight excluding hydrogens is 282 g/mol. The molecule has 5 heteroatoms. The molecule has 0 amide bonds. The molecule has 0 spiro atoms. The number of thioether (sulfide) groups is 1. The van der Waals surface area contributed by atoms with Gasteiger partial charge in [-0.3, -0.25) is 0 Å². The second-order valence-corrected chi connectivity index (χ2v) is 6.37. The number of nitrogens with one attached hydrogen (secondary N) is 1. The van der Waals surface area contributed by atoms with Crippen LogP contribution in [0.3, 0.4) is 0 Å². The normalized spacial score (nSPS) is 11.2. The summed E-state index contributed by atoms with van der Waals surface area (Å²) in [5.74, 6) is 2.26. The zero-order valence-corrected chi connectivity index (χ0v) is 13.7. The molecule has 0 saturated carbocycles. The van der Waals surface area contributed by atoms with Gasteiger partial charge in [-0.1, -0.05) is 38.1 Å². The Bertz CT molecular complexity index is 554. The van der Waals surface area contributed by atoms with Crippen LogP contribution in [0.2, 0.25) is 0 Å². The third-order valence-corrected chi connectivity index (χ3v) is 3.94. The number of hydrogen-bond acceptors (Lipinski definition) is 5. The minimum atomic E-state index is 0.498. The standard InChI is InChI=1S/C16H23N3OS/c1-4-6-16-18-15(19-20-16)11-21-14-8-5-7-13(9-14)10-17-12(2)3/h5,7-9,12,17H,4,6,10-11H2,1-3H3. The SMILES string of the molecule is CCCc1nc(CSc2cccc(CNC(C)C)c2)no1. The van der Waals surface area contributed by atoms with E-state index in [1.54, 1.807) is 11.8 Å². The molecule has 1 aromatic heterocycles. The summed E-state index contributed by atoms with van der Waals surface area (Å²) in [5, 5.41) is 7.44. The predicted octanol–water partition coefficient (Wildman–Crippen LogP) is 3.81. The van der Waals surface area contributed by atoms with Gasteiger partial charge < -0.3 is 9.84 Å². The van der Waals surface area contributed by atoms with Crippen molar-refractivity contribution in [3.63, 3.8) is 0 Å². The molecule has 0 aliphatic heterocycles. The van der Waals surface area contributed by atoms with E-state index in [9.17, 15) is 0 Å². The van der Waals surface area contributed by atoms with Gasteiger partial charge in [0.15, 0.2) is 5.82 Å². The summed E-state index contributed by atoms with van der Waals surface area (Å²) in [6, 6.07) is 9.08. The monoisotopic (exact) mass is 305 g/mol. The van der Waals surface area contributed by atoms with Crippen LogP contribution in [0.5, 0.6) is 0 Å². The topological polar surface area (TPSA) is 51.0 Å². The zero-order valence-electron chi connectivity index (χ0n) is 12.9. The Hall–Kier alpha value is -1.33.